The lowest BCUT2D eigenvalue weighted by atomic mass is 10.2. The first-order chi connectivity index (χ1) is 12.2. The van der Waals surface area contributed by atoms with Gasteiger partial charge in [-0.3, -0.25) is 4.79 Å². The van der Waals surface area contributed by atoms with Crippen LogP contribution in [0.2, 0.25) is 0 Å². The van der Waals surface area contributed by atoms with Gasteiger partial charge >= 0.3 is 0 Å². The van der Waals surface area contributed by atoms with Gasteiger partial charge in [0.2, 0.25) is 0 Å². The van der Waals surface area contributed by atoms with Crippen molar-refractivity contribution in [2.75, 3.05) is 11.9 Å². The molecule has 0 spiro atoms. The summed E-state index contributed by atoms with van der Waals surface area (Å²) in [5, 5.41) is 11.3. The van der Waals surface area contributed by atoms with Crippen molar-refractivity contribution >= 4 is 17.8 Å². The molecule has 0 saturated heterocycles. The number of hydrazone groups is 1. The molecule has 0 fully saturated rings. The normalized spacial score (nSPS) is 10.8. The maximum Gasteiger partial charge on any atom is 0.259 e. The maximum atomic E-state index is 11.8. The highest BCUT2D eigenvalue weighted by atomic mass is 16.2. The van der Waals surface area contributed by atoms with Crippen LogP contribution in [0.1, 0.15) is 11.1 Å². The fourth-order valence-electron chi connectivity index (χ4n) is 2.20. The van der Waals surface area contributed by atoms with E-state index >= 15 is 0 Å². The van der Waals surface area contributed by atoms with Crippen LogP contribution < -0.4 is 10.7 Å². The van der Waals surface area contributed by atoms with E-state index in [1.165, 1.54) is 5.56 Å². The molecule has 126 valence electrons. The van der Waals surface area contributed by atoms with Crippen LogP contribution in [0.4, 0.5) is 5.69 Å². The highest BCUT2D eigenvalue weighted by Crippen LogP contribution is 2.08. The summed E-state index contributed by atoms with van der Waals surface area (Å²) >= 11 is 0. The van der Waals surface area contributed by atoms with E-state index in [-0.39, 0.29) is 12.5 Å². The first-order valence-corrected chi connectivity index (χ1v) is 7.93. The zero-order valence-electron chi connectivity index (χ0n) is 13.9. The van der Waals surface area contributed by atoms with Gasteiger partial charge in [-0.05, 0) is 31.2 Å². The quantitative estimate of drug-likeness (QED) is 0.538. The highest BCUT2D eigenvalue weighted by Gasteiger charge is 2.00. The number of aryl methyl sites for hydroxylation is 1. The summed E-state index contributed by atoms with van der Waals surface area (Å²) in [5.74, 6) is -0.215. The van der Waals surface area contributed by atoms with Crippen molar-refractivity contribution in [2.24, 2.45) is 5.10 Å². The number of benzene rings is 2. The van der Waals surface area contributed by atoms with E-state index in [0.717, 1.165) is 16.9 Å². The van der Waals surface area contributed by atoms with Gasteiger partial charge in [0.1, 0.15) is 0 Å². The van der Waals surface area contributed by atoms with Crippen LogP contribution >= 0.6 is 0 Å². The molecule has 6 nitrogen and oxygen atoms in total. The smallest absolute Gasteiger partial charge is 0.259 e. The summed E-state index contributed by atoms with van der Waals surface area (Å²) in [7, 11) is 0. The molecule has 0 atom stereocenters. The Hall–Kier alpha value is -3.41. The molecule has 0 unspecified atom stereocenters. The maximum absolute atomic E-state index is 11.8. The van der Waals surface area contributed by atoms with Crippen LogP contribution in [-0.4, -0.2) is 28.4 Å². The first kappa shape index (κ1) is 16.4. The van der Waals surface area contributed by atoms with Gasteiger partial charge in [0, 0.05) is 17.4 Å². The molecule has 2 N–H and O–H groups in total. The van der Waals surface area contributed by atoms with Crippen LogP contribution in [0.3, 0.4) is 0 Å². The fourth-order valence-corrected chi connectivity index (χ4v) is 2.20. The lowest BCUT2D eigenvalue weighted by Crippen LogP contribution is -2.25. The highest BCUT2D eigenvalue weighted by molar-refractivity contribution is 5.84. The number of hydrogen-bond acceptors (Lipinski definition) is 4. The molecule has 1 heterocycles. The molecule has 3 aromatic rings. The van der Waals surface area contributed by atoms with Crippen LogP contribution in [0.25, 0.3) is 5.69 Å². The summed E-state index contributed by atoms with van der Waals surface area (Å²) in [6.07, 6.45) is 5.10. The van der Waals surface area contributed by atoms with E-state index in [1.807, 2.05) is 67.7 Å². The molecule has 0 radical (unpaired) electrons. The Bertz CT molecular complexity index is 853. The second-order valence-electron chi connectivity index (χ2n) is 5.57. The number of hydrogen-bond donors (Lipinski definition) is 2. The predicted molar refractivity (Wildman–Crippen MR) is 99.0 cm³/mol. The summed E-state index contributed by atoms with van der Waals surface area (Å²) in [6.45, 7) is 2.18. The number of anilines is 1. The second-order valence-corrected chi connectivity index (χ2v) is 5.57. The van der Waals surface area contributed by atoms with Crippen molar-refractivity contribution in [2.45, 2.75) is 6.92 Å². The second kappa shape index (κ2) is 7.92. The van der Waals surface area contributed by atoms with E-state index in [9.17, 15) is 4.79 Å². The molecule has 0 aliphatic rings. The number of aromatic nitrogens is 2. The summed E-state index contributed by atoms with van der Waals surface area (Å²) < 4.78 is 1.75. The zero-order valence-corrected chi connectivity index (χ0v) is 13.9. The SMILES string of the molecule is Cc1ccc(NCC(=O)N/N=C\c2cnn(-c3ccccc3)c2)cc1. The molecule has 0 bridgehead atoms. The Balaban J connectivity index is 1.48. The molecular weight excluding hydrogens is 314 g/mol. The van der Waals surface area contributed by atoms with Gasteiger partial charge in [-0.2, -0.15) is 10.2 Å². The molecule has 3 rings (SSSR count). The van der Waals surface area contributed by atoms with Crippen molar-refractivity contribution in [3.63, 3.8) is 0 Å². The Morgan fingerprint density at radius 1 is 1.16 bits per heavy atom. The zero-order chi connectivity index (χ0) is 17.5. The third kappa shape index (κ3) is 4.78. The Morgan fingerprint density at radius 2 is 1.92 bits per heavy atom. The molecule has 0 aliphatic carbocycles. The minimum Gasteiger partial charge on any atom is -0.376 e. The number of nitrogens with zero attached hydrogens (tertiary/aromatic N) is 3. The average Bonchev–Trinajstić information content (AvgIpc) is 3.11. The lowest BCUT2D eigenvalue weighted by molar-refractivity contribution is -0.119. The first-order valence-electron chi connectivity index (χ1n) is 7.93. The van der Waals surface area contributed by atoms with Gasteiger partial charge in [-0.1, -0.05) is 35.9 Å². The Labute approximate surface area is 146 Å². The van der Waals surface area contributed by atoms with Gasteiger partial charge in [0.05, 0.1) is 24.6 Å². The molecular formula is C19H19N5O. The number of nitrogens with one attached hydrogen (secondary N) is 2. The number of rotatable bonds is 6. The van der Waals surface area contributed by atoms with E-state index < -0.39 is 0 Å². The van der Waals surface area contributed by atoms with Crippen molar-refractivity contribution in [3.05, 3.63) is 78.1 Å². The molecule has 25 heavy (non-hydrogen) atoms. The third-order valence-electron chi connectivity index (χ3n) is 3.53. The van der Waals surface area contributed by atoms with Crippen LogP contribution in [0.5, 0.6) is 0 Å². The molecule has 0 saturated carbocycles. The van der Waals surface area contributed by atoms with Crippen LogP contribution in [0.15, 0.2) is 72.1 Å². The molecule has 1 aromatic heterocycles. The van der Waals surface area contributed by atoms with Crippen molar-refractivity contribution in [1.82, 2.24) is 15.2 Å². The van der Waals surface area contributed by atoms with E-state index in [1.54, 1.807) is 17.1 Å². The molecule has 6 heteroatoms. The minimum absolute atomic E-state index is 0.156. The monoisotopic (exact) mass is 333 g/mol. The summed E-state index contributed by atoms with van der Waals surface area (Å²) in [5.41, 5.74) is 6.33. The lowest BCUT2D eigenvalue weighted by Gasteiger charge is -2.05. The van der Waals surface area contributed by atoms with Crippen LogP contribution in [0, 0.1) is 6.92 Å². The van der Waals surface area contributed by atoms with E-state index in [2.05, 4.69) is 20.9 Å². The molecule has 2 aromatic carbocycles. The third-order valence-corrected chi connectivity index (χ3v) is 3.53. The standard InChI is InChI=1S/C19H19N5O/c1-15-7-9-17(10-8-15)20-13-19(25)23-21-11-16-12-22-24(14-16)18-5-3-2-4-6-18/h2-12,14,20H,13H2,1H3,(H,23,25)/b21-11-. The van der Waals surface area contributed by atoms with Crippen LogP contribution in [-0.2, 0) is 4.79 Å². The van der Waals surface area contributed by atoms with Gasteiger partial charge in [-0.15, -0.1) is 0 Å². The molecule has 1 amide bonds. The summed E-state index contributed by atoms with van der Waals surface area (Å²) in [4.78, 5) is 11.8. The van der Waals surface area contributed by atoms with E-state index in [4.69, 9.17) is 0 Å². The topological polar surface area (TPSA) is 71.3 Å². The number of carbonyl (C=O) groups is 1. The van der Waals surface area contributed by atoms with Gasteiger partial charge < -0.3 is 5.32 Å². The van der Waals surface area contributed by atoms with E-state index in [0.29, 0.717) is 0 Å². The average molecular weight is 333 g/mol. The Kier molecular flexibility index (Phi) is 5.21. The fraction of sp³-hybridized carbons (Fsp3) is 0.105. The number of carbonyl (C=O) groups excluding carboxylic acids is 1. The number of amides is 1. The largest absolute Gasteiger partial charge is 0.376 e. The van der Waals surface area contributed by atoms with Gasteiger partial charge in [0.25, 0.3) is 5.91 Å². The van der Waals surface area contributed by atoms with Crippen molar-refractivity contribution in [1.29, 1.82) is 0 Å². The van der Waals surface area contributed by atoms with Gasteiger partial charge in [0.15, 0.2) is 0 Å². The predicted octanol–water partition coefficient (Wildman–Crippen LogP) is 2.74. The van der Waals surface area contributed by atoms with Crippen molar-refractivity contribution in [3.8, 4) is 5.69 Å². The van der Waals surface area contributed by atoms with Crippen molar-refractivity contribution < 1.29 is 4.79 Å². The minimum atomic E-state index is -0.215. The Morgan fingerprint density at radius 3 is 2.68 bits per heavy atom. The number of para-hydroxylation sites is 1. The summed E-state index contributed by atoms with van der Waals surface area (Å²) in [6, 6.07) is 17.6. The van der Waals surface area contributed by atoms with Gasteiger partial charge in [-0.25, -0.2) is 10.1 Å². The molecule has 0 aliphatic heterocycles.